The van der Waals surface area contributed by atoms with Crippen LogP contribution in [0, 0.1) is 6.92 Å². The van der Waals surface area contributed by atoms with Crippen LogP contribution in [-0.4, -0.2) is 4.98 Å². The van der Waals surface area contributed by atoms with Gasteiger partial charge in [-0.2, -0.15) is 0 Å². The molecule has 0 fully saturated rings. The van der Waals surface area contributed by atoms with E-state index in [-0.39, 0.29) is 0 Å². The number of aryl methyl sites for hydroxylation is 2. The van der Waals surface area contributed by atoms with Gasteiger partial charge in [-0.05, 0) is 49.1 Å². The fourth-order valence-electron chi connectivity index (χ4n) is 2.55. The topological polar surface area (TPSA) is 12.9 Å². The van der Waals surface area contributed by atoms with Gasteiger partial charge in [-0.1, -0.05) is 58.4 Å². The SMILES string of the molecule is Cc1ccc2cc(CCC(Br)c3ccccc3)ccc2n1. The Balaban J connectivity index is 1.72. The van der Waals surface area contributed by atoms with Gasteiger partial charge >= 0.3 is 0 Å². The zero-order chi connectivity index (χ0) is 14.7. The third-order valence-corrected chi connectivity index (χ3v) is 4.73. The highest BCUT2D eigenvalue weighted by atomic mass is 79.9. The first-order valence-corrected chi connectivity index (χ1v) is 8.19. The molecule has 0 N–H and O–H groups in total. The summed E-state index contributed by atoms with van der Waals surface area (Å²) in [6.07, 6.45) is 2.16. The Kier molecular flexibility index (Phi) is 4.35. The van der Waals surface area contributed by atoms with Crippen molar-refractivity contribution in [1.82, 2.24) is 4.98 Å². The van der Waals surface area contributed by atoms with E-state index in [1.54, 1.807) is 0 Å². The average Bonchev–Trinajstić information content (AvgIpc) is 2.53. The monoisotopic (exact) mass is 339 g/mol. The molecule has 0 saturated heterocycles. The standard InChI is InChI=1S/C19H18BrN/c1-14-7-10-17-13-15(9-12-19(17)21-14)8-11-18(20)16-5-3-2-4-6-16/h2-7,9-10,12-13,18H,8,11H2,1H3. The molecule has 1 heterocycles. The van der Waals surface area contributed by atoms with Gasteiger partial charge in [0.2, 0.25) is 0 Å². The smallest absolute Gasteiger partial charge is 0.0705 e. The second kappa shape index (κ2) is 6.40. The van der Waals surface area contributed by atoms with E-state index >= 15 is 0 Å². The first-order chi connectivity index (χ1) is 10.2. The van der Waals surface area contributed by atoms with Crippen molar-refractivity contribution < 1.29 is 0 Å². The summed E-state index contributed by atoms with van der Waals surface area (Å²) in [7, 11) is 0. The summed E-state index contributed by atoms with van der Waals surface area (Å²) in [4.78, 5) is 4.96. The van der Waals surface area contributed by atoms with Crippen LogP contribution in [0.15, 0.2) is 60.7 Å². The molecular formula is C19H18BrN. The number of hydrogen-bond acceptors (Lipinski definition) is 1. The number of rotatable bonds is 4. The summed E-state index contributed by atoms with van der Waals surface area (Å²) in [5.41, 5.74) is 4.86. The van der Waals surface area contributed by atoms with Crippen molar-refractivity contribution in [2.75, 3.05) is 0 Å². The van der Waals surface area contributed by atoms with Crippen LogP contribution in [0.25, 0.3) is 10.9 Å². The Morgan fingerprint density at radius 2 is 1.81 bits per heavy atom. The number of fused-ring (bicyclic) bond motifs is 1. The minimum Gasteiger partial charge on any atom is -0.253 e. The minimum atomic E-state index is 0.408. The molecule has 0 aliphatic heterocycles. The molecule has 1 aromatic heterocycles. The number of alkyl halides is 1. The van der Waals surface area contributed by atoms with Crippen LogP contribution in [0.5, 0.6) is 0 Å². The molecule has 1 atom stereocenters. The first-order valence-electron chi connectivity index (χ1n) is 7.28. The molecule has 0 spiro atoms. The summed E-state index contributed by atoms with van der Waals surface area (Å²) in [5, 5.41) is 1.23. The lowest BCUT2D eigenvalue weighted by Crippen LogP contribution is -1.94. The van der Waals surface area contributed by atoms with E-state index in [1.807, 2.05) is 6.92 Å². The molecular weight excluding hydrogens is 322 g/mol. The largest absolute Gasteiger partial charge is 0.253 e. The summed E-state index contributed by atoms with van der Waals surface area (Å²) in [6.45, 7) is 2.03. The van der Waals surface area contributed by atoms with Crippen LogP contribution in [0.4, 0.5) is 0 Å². The van der Waals surface area contributed by atoms with E-state index in [0.717, 1.165) is 24.1 Å². The van der Waals surface area contributed by atoms with Crippen molar-refractivity contribution in [3.63, 3.8) is 0 Å². The predicted molar refractivity (Wildman–Crippen MR) is 92.9 cm³/mol. The Morgan fingerprint density at radius 1 is 1.00 bits per heavy atom. The van der Waals surface area contributed by atoms with Crippen LogP contribution >= 0.6 is 15.9 Å². The second-order valence-corrected chi connectivity index (χ2v) is 6.50. The van der Waals surface area contributed by atoms with Crippen molar-refractivity contribution in [2.45, 2.75) is 24.6 Å². The van der Waals surface area contributed by atoms with Crippen molar-refractivity contribution in [2.24, 2.45) is 0 Å². The van der Waals surface area contributed by atoms with Gasteiger partial charge < -0.3 is 0 Å². The molecule has 0 aliphatic carbocycles. The van der Waals surface area contributed by atoms with Gasteiger partial charge in [0, 0.05) is 15.9 Å². The Labute approximate surface area is 134 Å². The molecule has 3 rings (SSSR count). The van der Waals surface area contributed by atoms with E-state index < -0.39 is 0 Å². The number of pyridine rings is 1. The van der Waals surface area contributed by atoms with Gasteiger partial charge in [0.1, 0.15) is 0 Å². The molecule has 1 nitrogen and oxygen atoms in total. The molecule has 0 aliphatic rings. The second-order valence-electron chi connectivity index (χ2n) is 5.40. The highest BCUT2D eigenvalue weighted by molar-refractivity contribution is 9.09. The zero-order valence-electron chi connectivity index (χ0n) is 12.1. The first kappa shape index (κ1) is 14.3. The molecule has 2 aromatic carbocycles. The van der Waals surface area contributed by atoms with E-state index in [4.69, 9.17) is 0 Å². The fraction of sp³-hybridized carbons (Fsp3) is 0.211. The molecule has 106 valence electrons. The van der Waals surface area contributed by atoms with Crippen molar-refractivity contribution in [3.05, 3.63) is 77.5 Å². The quantitative estimate of drug-likeness (QED) is 0.562. The highest BCUT2D eigenvalue weighted by Crippen LogP contribution is 2.28. The van der Waals surface area contributed by atoms with Gasteiger partial charge in [0.15, 0.2) is 0 Å². The lowest BCUT2D eigenvalue weighted by atomic mass is 10.0. The summed E-state index contributed by atoms with van der Waals surface area (Å²) >= 11 is 3.79. The minimum absolute atomic E-state index is 0.408. The van der Waals surface area contributed by atoms with Crippen molar-refractivity contribution in [3.8, 4) is 0 Å². The van der Waals surface area contributed by atoms with Crippen LogP contribution in [0.1, 0.15) is 28.1 Å². The molecule has 2 heteroatoms. The van der Waals surface area contributed by atoms with Crippen LogP contribution in [-0.2, 0) is 6.42 Å². The molecule has 21 heavy (non-hydrogen) atoms. The van der Waals surface area contributed by atoms with Crippen LogP contribution < -0.4 is 0 Å². The highest BCUT2D eigenvalue weighted by Gasteiger charge is 2.07. The normalized spacial score (nSPS) is 12.5. The van der Waals surface area contributed by atoms with E-state index in [9.17, 15) is 0 Å². The number of nitrogens with zero attached hydrogens (tertiary/aromatic N) is 1. The van der Waals surface area contributed by atoms with Crippen LogP contribution in [0.2, 0.25) is 0 Å². The van der Waals surface area contributed by atoms with Gasteiger partial charge in [-0.3, -0.25) is 4.98 Å². The maximum absolute atomic E-state index is 4.55. The van der Waals surface area contributed by atoms with E-state index in [1.165, 1.54) is 16.5 Å². The summed E-state index contributed by atoms with van der Waals surface area (Å²) in [6, 6.07) is 21.4. The van der Waals surface area contributed by atoms with Gasteiger partial charge in [0.05, 0.1) is 5.52 Å². The van der Waals surface area contributed by atoms with Crippen molar-refractivity contribution >= 4 is 26.8 Å². The molecule has 0 bridgehead atoms. The number of aromatic nitrogens is 1. The van der Waals surface area contributed by atoms with Crippen molar-refractivity contribution in [1.29, 1.82) is 0 Å². The third kappa shape index (κ3) is 3.51. The van der Waals surface area contributed by atoms with E-state index in [0.29, 0.717) is 4.83 Å². The zero-order valence-corrected chi connectivity index (χ0v) is 13.7. The van der Waals surface area contributed by atoms with Gasteiger partial charge in [0.25, 0.3) is 0 Å². The number of halogens is 1. The number of hydrogen-bond donors (Lipinski definition) is 0. The maximum Gasteiger partial charge on any atom is 0.0705 e. The Morgan fingerprint density at radius 3 is 2.62 bits per heavy atom. The number of benzene rings is 2. The summed E-state index contributed by atoms with van der Waals surface area (Å²) in [5.74, 6) is 0. The average molecular weight is 340 g/mol. The lowest BCUT2D eigenvalue weighted by molar-refractivity contribution is 0.814. The molecule has 0 radical (unpaired) electrons. The Bertz CT molecular complexity index is 737. The lowest BCUT2D eigenvalue weighted by Gasteiger charge is -2.10. The third-order valence-electron chi connectivity index (χ3n) is 3.74. The summed E-state index contributed by atoms with van der Waals surface area (Å²) < 4.78 is 0. The predicted octanol–water partition coefficient (Wildman–Crippen LogP) is 5.61. The fourth-order valence-corrected chi connectivity index (χ4v) is 3.09. The van der Waals surface area contributed by atoms with Gasteiger partial charge in [-0.15, -0.1) is 0 Å². The molecule has 1 unspecified atom stereocenters. The van der Waals surface area contributed by atoms with E-state index in [2.05, 4.69) is 81.6 Å². The molecule has 0 saturated carbocycles. The Hall–Kier alpha value is -1.67. The molecule has 3 aromatic rings. The van der Waals surface area contributed by atoms with Crippen LogP contribution in [0.3, 0.4) is 0 Å². The molecule has 0 amide bonds. The van der Waals surface area contributed by atoms with Gasteiger partial charge in [-0.25, -0.2) is 0 Å². The maximum atomic E-state index is 4.55.